The first kappa shape index (κ1) is 17.6. The maximum atomic E-state index is 12.2. The third-order valence-corrected chi connectivity index (χ3v) is 3.89. The van der Waals surface area contributed by atoms with Gasteiger partial charge in [0.25, 0.3) is 0 Å². The fourth-order valence-corrected chi connectivity index (χ4v) is 2.46. The van der Waals surface area contributed by atoms with Gasteiger partial charge < -0.3 is 10.6 Å². The van der Waals surface area contributed by atoms with Crippen molar-refractivity contribution >= 4 is 5.91 Å². The van der Waals surface area contributed by atoms with Gasteiger partial charge in [0.15, 0.2) is 5.82 Å². The molecule has 0 radical (unpaired) electrons. The highest BCUT2D eigenvalue weighted by Gasteiger charge is 2.25. The van der Waals surface area contributed by atoms with Crippen molar-refractivity contribution in [2.75, 3.05) is 13.6 Å². The molecule has 6 heteroatoms. The SMILES string of the molecule is Cc1nc(CN(C)C(=O)CCC(CCN)C(C)(C)C)n[nH]1. The molecule has 1 aromatic heterocycles. The summed E-state index contributed by atoms with van der Waals surface area (Å²) in [6.45, 7) is 9.58. The molecule has 1 atom stereocenters. The smallest absolute Gasteiger partial charge is 0.222 e. The Morgan fingerprint density at radius 1 is 1.38 bits per heavy atom. The summed E-state index contributed by atoms with van der Waals surface area (Å²) in [7, 11) is 1.79. The number of nitrogens with zero attached hydrogens (tertiary/aromatic N) is 3. The number of amides is 1. The molecule has 1 amide bonds. The number of nitrogens with one attached hydrogen (secondary N) is 1. The van der Waals surface area contributed by atoms with Crippen molar-refractivity contribution in [2.45, 2.75) is 53.5 Å². The Morgan fingerprint density at radius 3 is 2.52 bits per heavy atom. The molecule has 0 aromatic carbocycles. The Bertz CT molecular complexity index is 449. The van der Waals surface area contributed by atoms with Gasteiger partial charge in [0, 0.05) is 13.5 Å². The minimum Gasteiger partial charge on any atom is -0.338 e. The summed E-state index contributed by atoms with van der Waals surface area (Å²) in [5.41, 5.74) is 5.86. The van der Waals surface area contributed by atoms with E-state index in [1.54, 1.807) is 11.9 Å². The van der Waals surface area contributed by atoms with Crippen LogP contribution in [0.4, 0.5) is 0 Å². The lowest BCUT2D eigenvalue weighted by Gasteiger charge is -2.30. The van der Waals surface area contributed by atoms with Gasteiger partial charge in [-0.1, -0.05) is 20.8 Å². The molecule has 0 aliphatic rings. The summed E-state index contributed by atoms with van der Waals surface area (Å²) in [4.78, 5) is 18.1. The number of hydrogen-bond donors (Lipinski definition) is 2. The molecule has 0 fully saturated rings. The van der Waals surface area contributed by atoms with Gasteiger partial charge in [0.05, 0.1) is 6.54 Å². The van der Waals surface area contributed by atoms with E-state index in [0.717, 1.165) is 18.7 Å². The zero-order valence-corrected chi connectivity index (χ0v) is 13.9. The molecule has 120 valence electrons. The maximum Gasteiger partial charge on any atom is 0.222 e. The van der Waals surface area contributed by atoms with E-state index < -0.39 is 0 Å². The number of carbonyl (C=O) groups is 1. The molecule has 1 aromatic rings. The average molecular weight is 295 g/mol. The monoisotopic (exact) mass is 295 g/mol. The lowest BCUT2D eigenvalue weighted by atomic mass is 9.76. The third-order valence-electron chi connectivity index (χ3n) is 3.89. The average Bonchev–Trinajstić information content (AvgIpc) is 2.78. The van der Waals surface area contributed by atoms with Gasteiger partial charge in [-0.15, -0.1) is 0 Å². The minimum atomic E-state index is 0.128. The summed E-state index contributed by atoms with van der Waals surface area (Å²) in [6.07, 6.45) is 2.37. The lowest BCUT2D eigenvalue weighted by Crippen LogP contribution is -2.29. The van der Waals surface area contributed by atoms with E-state index in [1.807, 2.05) is 6.92 Å². The molecular formula is C15H29N5O. The molecule has 0 aliphatic heterocycles. The van der Waals surface area contributed by atoms with Crippen LogP contribution in [0.5, 0.6) is 0 Å². The molecule has 0 bridgehead atoms. The van der Waals surface area contributed by atoms with Crippen LogP contribution >= 0.6 is 0 Å². The number of aryl methyl sites for hydroxylation is 1. The van der Waals surface area contributed by atoms with E-state index in [2.05, 4.69) is 36.0 Å². The van der Waals surface area contributed by atoms with Crippen LogP contribution in [0, 0.1) is 18.3 Å². The Kier molecular flexibility index (Phi) is 6.33. The molecule has 0 aliphatic carbocycles. The van der Waals surface area contributed by atoms with E-state index in [1.165, 1.54) is 0 Å². The van der Waals surface area contributed by atoms with Crippen LogP contribution in [0.2, 0.25) is 0 Å². The number of H-pyrrole nitrogens is 1. The normalized spacial score (nSPS) is 13.2. The Hall–Kier alpha value is -1.43. The van der Waals surface area contributed by atoms with Gasteiger partial charge in [-0.25, -0.2) is 4.98 Å². The van der Waals surface area contributed by atoms with Crippen molar-refractivity contribution < 1.29 is 4.79 Å². The van der Waals surface area contributed by atoms with Gasteiger partial charge in [-0.05, 0) is 37.6 Å². The highest BCUT2D eigenvalue weighted by Crippen LogP contribution is 2.32. The summed E-state index contributed by atoms with van der Waals surface area (Å²) in [5, 5.41) is 6.84. The first-order valence-corrected chi connectivity index (χ1v) is 7.56. The number of aromatic amines is 1. The van der Waals surface area contributed by atoms with Gasteiger partial charge >= 0.3 is 0 Å². The summed E-state index contributed by atoms with van der Waals surface area (Å²) in [6, 6.07) is 0. The fourth-order valence-electron chi connectivity index (χ4n) is 2.46. The van der Waals surface area contributed by atoms with E-state index in [9.17, 15) is 4.79 Å². The predicted molar refractivity (Wildman–Crippen MR) is 83.4 cm³/mol. The molecule has 0 spiro atoms. The molecule has 21 heavy (non-hydrogen) atoms. The molecule has 0 saturated carbocycles. The third kappa shape index (κ3) is 5.83. The highest BCUT2D eigenvalue weighted by molar-refractivity contribution is 5.75. The second kappa shape index (κ2) is 7.54. The quantitative estimate of drug-likeness (QED) is 0.803. The van der Waals surface area contributed by atoms with Crippen LogP contribution < -0.4 is 5.73 Å². The zero-order chi connectivity index (χ0) is 16.0. The Labute approximate surface area is 127 Å². The van der Waals surface area contributed by atoms with Crippen LogP contribution in [0.25, 0.3) is 0 Å². The van der Waals surface area contributed by atoms with Crippen molar-refractivity contribution in [3.63, 3.8) is 0 Å². The number of aromatic nitrogens is 3. The van der Waals surface area contributed by atoms with Crippen LogP contribution in [0.15, 0.2) is 0 Å². The van der Waals surface area contributed by atoms with E-state index in [0.29, 0.717) is 31.3 Å². The number of hydrogen-bond acceptors (Lipinski definition) is 4. The molecule has 1 unspecified atom stereocenters. The molecule has 1 rings (SSSR count). The van der Waals surface area contributed by atoms with Crippen molar-refractivity contribution in [2.24, 2.45) is 17.1 Å². The second-order valence-electron chi connectivity index (χ2n) is 6.77. The molecule has 3 N–H and O–H groups in total. The van der Waals surface area contributed by atoms with E-state index in [4.69, 9.17) is 5.73 Å². The first-order valence-electron chi connectivity index (χ1n) is 7.56. The summed E-state index contributed by atoms with van der Waals surface area (Å²) in [5.74, 6) is 2.01. The summed E-state index contributed by atoms with van der Waals surface area (Å²) < 4.78 is 0. The topological polar surface area (TPSA) is 87.9 Å². The van der Waals surface area contributed by atoms with E-state index >= 15 is 0 Å². The second-order valence-corrected chi connectivity index (χ2v) is 6.77. The Morgan fingerprint density at radius 2 is 2.05 bits per heavy atom. The molecule has 6 nitrogen and oxygen atoms in total. The molecule has 0 saturated heterocycles. The lowest BCUT2D eigenvalue weighted by molar-refractivity contribution is -0.131. The van der Waals surface area contributed by atoms with E-state index in [-0.39, 0.29) is 11.3 Å². The maximum absolute atomic E-state index is 12.2. The van der Waals surface area contributed by atoms with Crippen LogP contribution in [-0.2, 0) is 11.3 Å². The number of nitrogens with two attached hydrogens (primary N) is 1. The van der Waals surface area contributed by atoms with Crippen molar-refractivity contribution in [1.29, 1.82) is 0 Å². The first-order chi connectivity index (χ1) is 9.74. The predicted octanol–water partition coefficient (Wildman–Crippen LogP) is 1.86. The van der Waals surface area contributed by atoms with Gasteiger partial charge in [-0.2, -0.15) is 5.10 Å². The number of carbonyl (C=O) groups excluding carboxylic acids is 1. The van der Waals surface area contributed by atoms with Gasteiger partial charge in [-0.3, -0.25) is 9.89 Å². The Balaban J connectivity index is 2.48. The minimum absolute atomic E-state index is 0.128. The summed E-state index contributed by atoms with van der Waals surface area (Å²) >= 11 is 0. The van der Waals surface area contributed by atoms with Gasteiger partial charge in [0.1, 0.15) is 5.82 Å². The van der Waals surface area contributed by atoms with Gasteiger partial charge in [0.2, 0.25) is 5.91 Å². The fraction of sp³-hybridized carbons (Fsp3) is 0.800. The van der Waals surface area contributed by atoms with Crippen LogP contribution in [0.3, 0.4) is 0 Å². The van der Waals surface area contributed by atoms with Crippen LogP contribution in [-0.4, -0.2) is 39.6 Å². The highest BCUT2D eigenvalue weighted by atomic mass is 16.2. The number of rotatable bonds is 7. The zero-order valence-electron chi connectivity index (χ0n) is 13.9. The molecule has 1 heterocycles. The van der Waals surface area contributed by atoms with Crippen LogP contribution in [0.1, 0.15) is 51.7 Å². The standard InChI is InChI=1S/C15H29N5O/c1-11-17-13(19-18-11)10-20(5)14(21)7-6-12(8-9-16)15(2,3)4/h12H,6-10,16H2,1-5H3,(H,17,18,19). The largest absolute Gasteiger partial charge is 0.338 e. The van der Waals surface area contributed by atoms with Crippen molar-refractivity contribution in [1.82, 2.24) is 20.1 Å². The van der Waals surface area contributed by atoms with Crippen molar-refractivity contribution in [3.05, 3.63) is 11.6 Å². The van der Waals surface area contributed by atoms with Crippen molar-refractivity contribution in [3.8, 4) is 0 Å². The molecular weight excluding hydrogens is 266 g/mol.